The van der Waals surface area contributed by atoms with Gasteiger partial charge >= 0.3 is 0 Å². The molecule has 5 nitrogen and oxygen atoms in total. The van der Waals surface area contributed by atoms with Gasteiger partial charge in [-0.1, -0.05) is 0 Å². The summed E-state index contributed by atoms with van der Waals surface area (Å²) in [5.41, 5.74) is -0.193. The second kappa shape index (κ2) is 7.77. The maximum Gasteiger partial charge on any atom is 0.196 e. The average Bonchev–Trinajstić information content (AvgIpc) is 2.52. The lowest BCUT2D eigenvalue weighted by atomic mass is 10.2. The predicted molar refractivity (Wildman–Crippen MR) is 83.3 cm³/mol. The molecule has 0 atom stereocenters. The van der Waals surface area contributed by atoms with E-state index in [-0.39, 0.29) is 11.5 Å². The van der Waals surface area contributed by atoms with Crippen LogP contribution in [0, 0.1) is 17.5 Å². The molecule has 0 aliphatic heterocycles. The van der Waals surface area contributed by atoms with E-state index in [9.17, 15) is 13.2 Å². The molecule has 0 aliphatic rings. The lowest BCUT2D eigenvalue weighted by Crippen LogP contribution is -2.16. The van der Waals surface area contributed by atoms with Crippen molar-refractivity contribution in [3.63, 3.8) is 0 Å². The molecule has 0 aliphatic carbocycles. The van der Waals surface area contributed by atoms with Crippen LogP contribution >= 0.6 is 0 Å². The van der Waals surface area contributed by atoms with Gasteiger partial charge in [0.2, 0.25) is 0 Å². The lowest BCUT2D eigenvalue weighted by molar-refractivity contribution is 0.405. The molecule has 2 N–H and O–H groups in total. The van der Waals surface area contributed by atoms with Crippen LogP contribution in [0.25, 0.3) is 0 Å². The van der Waals surface area contributed by atoms with E-state index in [2.05, 4.69) is 25.5 Å². The van der Waals surface area contributed by atoms with Crippen molar-refractivity contribution in [3.8, 4) is 0 Å². The van der Waals surface area contributed by atoms with Gasteiger partial charge in [-0.3, -0.25) is 0 Å². The van der Waals surface area contributed by atoms with Crippen LogP contribution in [-0.2, 0) is 0 Å². The van der Waals surface area contributed by atoms with E-state index in [1.807, 2.05) is 14.1 Å². The molecule has 0 spiro atoms. The average molecular weight is 325 g/mol. The summed E-state index contributed by atoms with van der Waals surface area (Å²) < 4.78 is 39.7. The molecular formula is C15H18F3N5. The Kier molecular flexibility index (Phi) is 5.75. The summed E-state index contributed by atoms with van der Waals surface area (Å²) in [5, 5.41) is 5.72. The van der Waals surface area contributed by atoms with E-state index in [0.717, 1.165) is 25.1 Å². The van der Waals surface area contributed by atoms with Crippen molar-refractivity contribution >= 4 is 17.3 Å². The van der Waals surface area contributed by atoms with Crippen molar-refractivity contribution in [1.29, 1.82) is 0 Å². The Bertz CT molecular complexity index is 664. The van der Waals surface area contributed by atoms with Gasteiger partial charge in [-0.15, -0.1) is 0 Å². The molecular weight excluding hydrogens is 307 g/mol. The molecule has 0 radical (unpaired) electrons. The first-order valence-corrected chi connectivity index (χ1v) is 7.08. The number of halogens is 3. The number of anilines is 3. The van der Waals surface area contributed by atoms with Crippen LogP contribution in [0.4, 0.5) is 30.5 Å². The smallest absolute Gasteiger partial charge is 0.196 e. The third-order valence-electron chi connectivity index (χ3n) is 3.05. The Morgan fingerprint density at radius 2 is 1.78 bits per heavy atom. The van der Waals surface area contributed by atoms with Gasteiger partial charge in [0.15, 0.2) is 17.5 Å². The van der Waals surface area contributed by atoms with Crippen molar-refractivity contribution in [2.45, 2.75) is 6.42 Å². The van der Waals surface area contributed by atoms with Crippen molar-refractivity contribution in [3.05, 3.63) is 42.0 Å². The number of nitrogens with one attached hydrogen (secondary N) is 2. The summed E-state index contributed by atoms with van der Waals surface area (Å²) in [6, 6.07) is 3.53. The van der Waals surface area contributed by atoms with Crippen molar-refractivity contribution in [2.75, 3.05) is 37.8 Å². The zero-order chi connectivity index (χ0) is 16.8. The molecule has 0 unspecified atom stereocenters. The van der Waals surface area contributed by atoms with Gasteiger partial charge in [-0.05, 0) is 39.2 Å². The molecule has 1 aromatic heterocycles. The molecule has 2 rings (SSSR count). The summed E-state index contributed by atoms with van der Waals surface area (Å²) in [7, 11) is 3.98. The van der Waals surface area contributed by atoms with Gasteiger partial charge in [0.25, 0.3) is 0 Å². The molecule has 0 saturated carbocycles. The van der Waals surface area contributed by atoms with Gasteiger partial charge in [-0.25, -0.2) is 23.1 Å². The second-order valence-corrected chi connectivity index (χ2v) is 5.22. The largest absolute Gasteiger partial charge is 0.370 e. The summed E-state index contributed by atoms with van der Waals surface area (Å²) in [4.78, 5) is 10.0. The third-order valence-corrected chi connectivity index (χ3v) is 3.05. The van der Waals surface area contributed by atoms with Crippen LogP contribution < -0.4 is 10.6 Å². The molecule has 124 valence electrons. The quantitative estimate of drug-likeness (QED) is 0.605. The second-order valence-electron chi connectivity index (χ2n) is 5.22. The number of hydrogen-bond acceptors (Lipinski definition) is 5. The maximum atomic E-state index is 13.6. The molecule has 8 heteroatoms. The number of hydrogen-bond donors (Lipinski definition) is 2. The highest BCUT2D eigenvalue weighted by atomic mass is 19.2. The lowest BCUT2D eigenvalue weighted by Gasteiger charge is -2.11. The van der Waals surface area contributed by atoms with Gasteiger partial charge in [-0.2, -0.15) is 0 Å². The highest BCUT2D eigenvalue weighted by Crippen LogP contribution is 2.23. The minimum atomic E-state index is -1.52. The van der Waals surface area contributed by atoms with E-state index < -0.39 is 17.5 Å². The van der Waals surface area contributed by atoms with E-state index in [1.165, 1.54) is 6.33 Å². The van der Waals surface area contributed by atoms with Crippen molar-refractivity contribution < 1.29 is 13.2 Å². The number of nitrogens with zero attached hydrogens (tertiary/aromatic N) is 3. The Balaban J connectivity index is 2.01. The number of rotatable bonds is 7. The molecule has 1 heterocycles. The van der Waals surface area contributed by atoms with Gasteiger partial charge < -0.3 is 15.5 Å². The normalized spacial score (nSPS) is 10.9. The fourth-order valence-corrected chi connectivity index (χ4v) is 1.89. The van der Waals surface area contributed by atoms with Crippen molar-refractivity contribution in [1.82, 2.24) is 14.9 Å². The molecule has 1 aromatic carbocycles. The summed E-state index contributed by atoms with van der Waals surface area (Å²) in [6.07, 6.45) is 2.23. The Morgan fingerprint density at radius 3 is 2.52 bits per heavy atom. The monoisotopic (exact) mass is 325 g/mol. The first-order chi connectivity index (χ1) is 11.0. The number of aromatic nitrogens is 2. The van der Waals surface area contributed by atoms with Crippen LogP contribution in [0.3, 0.4) is 0 Å². The van der Waals surface area contributed by atoms with Crippen molar-refractivity contribution in [2.24, 2.45) is 0 Å². The van der Waals surface area contributed by atoms with Gasteiger partial charge in [0.1, 0.15) is 18.0 Å². The molecule has 2 aromatic rings. The third kappa shape index (κ3) is 4.82. The summed E-state index contributed by atoms with van der Waals surface area (Å²) in [5.74, 6) is -3.21. The fourth-order valence-electron chi connectivity index (χ4n) is 1.89. The Morgan fingerprint density at radius 1 is 1.04 bits per heavy atom. The van der Waals surface area contributed by atoms with Gasteiger partial charge in [0.05, 0.1) is 5.69 Å². The maximum absolute atomic E-state index is 13.6. The number of benzene rings is 1. The van der Waals surface area contributed by atoms with Crippen LogP contribution in [0.5, 0.6) is 0 Å². The minimum Gasteiger partial charge on any atom is -0.370 e. The van der Waals surface area contributed by atoms with Gasteiger partial charge in [0, 0.05) is 12.6 Å². The SMILES string of the molecule is CN(C)CCCNc1cc(Nc2ccc(F)c(F)c2F)ncn1. The topological polar surface area (TPSA) is 53.1 Å². The summed E-state index contributed by atoms with van der Waals surface area (Å²) >= 11 is 0. The first-order valence-electron chi connectivity index (χ1n) is 7.08. The first kappa shape index (κ1) is 17.0. The highest BCUT2D eigenvalue weighted by Gasteiger charge is 2.13. The van der Waals surface area contributed by atoms with E-state index in [0.29, 0.717) is 12.4 Å². The Hall–Kier alpha value is -2.35. The zero-order valence-electron chi connectivity index (χ0n) is 12.9. The van der Waals surface area contributed by atoms with E-state index in [1.54, 1.807) is 6.07 Å². The van der Waals surface area contributed by atoms with Crippen LogP contribution in [0.15, 0.2) is 24.5 Å². The van der Waals surface area contributed by atoms with E-state index >= 15 is 0 Å². The highest BCUT2D eigenvalue weighted by molar-refractivity contribution is 5.59. The van der Waals surface area contributed by atoms with Crippen LogP contribution in [0.2, 0.25) is 0 Å². The molecule has 0 amide bonds. The van der Waals surface area contributed by atoms with Crippen LogP contribution in [-0.4, -0.2) is 42.1 Å². The zero-order valence-corrected chi connectivity index (χ0v) is 12.9. The molecule has 0 bridgehead atoms. The summed E-state index contributed by atoms with van der Waals surface area (Å²) in [6.45, 7) is 1.65. The standard InChI is InChI=1S/C15H18F3N5/c1-23(2)7-3-6-19-12-8-13(21-9-20-12)22-11-5-4-10(16)14(17)15(11)18/h4-5,8-9H,3,6-7H2,1-2H3,(H2,19,20,21,22). The fraction of sp³-hybridized carbons (Fsp3) is 0.333. The molecule has 23 heavy (non-hydrogen) atoms. The Labute approximate surface area is 132 Å². The molecule has 0 fully saturated rings. The minimum absolute atomic E-state index is 0.193. The predicted octanol–water partition coefficient (Wildman–Crippen LogP) is 3.00. The van der Waals surface area contributed by atoms with Crippen LogP contribution in [0.1, 0.15) is 6.42 Å². The van der Waals surface area contributed by atoms with E-state index in [4.69, 9.17) is 0 Å². The molecule has 0 saturated heterocycles.